The minimum absolute atomic E-state index is 0.0504. The van der Waals surface area contributed by atoms with E-state index in [-0.39, 0.29) is 11.9 Å². The van der Waals surface area contributed by atoms with Gasteiger partial charge in [-0.25, -0.2) is 4.98 Å². The van der Waals surface area contributed by atoms with Crippen LogP contribution < -0.4 is 10.6 Å². The Kier molecular flexibility index (Phi) is 4.70. The number of aromatic nitrogens is 1. The number of nitrogen functional groups attached to an aromatic ring is 1. The molecule has 0 spiro atoms. The second-order valence-electron chi connectivity index (χ2n) is 4.75. The van der Waals surface area contributed by atoms with E-state index in [9.17, 15) is 0 Å². The summed E-state index contributed by atoms with van der Waals surface area (Å²) in [5.41, 5.74) is 7.10. The first kappa shape index (κ1) is 15.6. The summed E-state index contributed by atoms with van der Waals surface area (Å²) in [5, 5.41) is 8.62. The van der Waals surface area contributed by atoms with Crippen molar-refractivity contribution in [2.75, 3.05) is 11.9 Å². The molecule has 0 aliphatic rings. The van der Waals surface area contributed by atoms with Gasteiger partial charge in [-0.1, -0.05) is 35.3 Å². The third-order valence-electron chi connectivity index (χ3n) is 3.43. The van der Waals surface area contributed by atoms with Crippen LogP contribution in [-0.4, -0.2) is 17.9 Å². The molecule has 1 unspecified atom stereocenters. The lowest BCUT2D eigenvalue weighted by Crippen LogP contribution is -2.24. The van der Waals surface area contributed by atoms with Crippen LogP contribution >= 0.6 is 23.2 Å². The summed E-state index contributed by atoms with van der Waals surface area (Å²) in [5.74, 6) is 0.517. The van der Waals surface area contributed by atoms with Crippen LogP contribution in [0.25, 0.3) is 0 Å². The second-order valence-corrected chi connectivity index (χ2v) is 5.56. The van der Waals surface area contributed by atoms with Crippen LogP contribution in [0.4, 0.5) is 5.82 Å². The van der Waals surface area contributed by atoms with E-state index in [0.29, 0.717) is 21.4 Å². The van der Waals surface area contributed by atoms with Gasteiger partial charge in [0.15, 0.2) is 0 Å². The molecule has 0 fully saturated rings. The summed E-state index contributed by atoms with van der Waals surface area (Å²) in [7, 11) is 1.90. The van der Waals surface area contributed by atoms with Crippen molar-refractivity contribution in [1.29, 1.82) is 5.41 Å². The van der Waals surface area contributed by atoms with Crippen molar-refractivity contribution in [1.82, 2.24) is 4.98 Å². The predicted octanol–water partition coefficient (Wildman–Crippen LogP) is 3.87. The van der Waals surface area contributed by atoms with Gasteiger partial charge < -0.3 is 10.6 Å². The number of nitrogens with zero attached hydrogens (tertiary/aromatic N) is 2. The molecule has 1 heterocycles. The van der Waals surface area contributed by atoms with Crippen molar-refractivity contribution in [3.8, 4) is 0 Å². The third kappa shape index (κ3) is 3.28. The standard InChI is InChI=1S/C15H16Cl2N4/c1-9(10-3-5-11(16)6-4-10)21(2)15-13(17)12(14(18)19)7-8-20-15/h3-9H,1-2H3,(H3,18,19). The van der Waals surface area contributed by atoms with Crippen molar-refractivity contribution in [2.24, 2.45) is 5.73 Å². The SMILES string of the molecule is CC(c1ccc(Cl)cc1)N(C)c1nccc(C(=N)N)c1Cl. The van der Waals surface area contributed by atoms with E-state index in [0.717, 1.165) is 5.56 Å². The third-order valence-corrected chi connectivity index (χ3v) is 4.05. The highest BCUT2D eigenvalue weighted by molar-refractivity contribution is 6.36. The van der Waals surface area contributed by atoms with E-state index in [1.807, 2.05) is 43.1 Å². The van der Waals surface area contributed by atoms with Crippen LogP contribution in [0.1, 0.15) is 24.1 Å². The molecule has 21 heavy (non-hydrogen) atoms. The van der Waals surface area contributed by atoms with Crippen molar-refractivity contribution in [3.63, 3.8) is 0 Å². The second kappa shape index (κ2) is 6.33. The summed E-state index contributed by atoms with van der Waals surface area (Å²) < 4.78 is 0. The maximum atomic E-state index is 7.54. The van der Waals surface area contributed by atoms with E-state index in [1.165, 1.54) is 0 Å². The fourth-order valence-corrected chi connectivity index (χ4v) is 2.51. The van der Waals surface area contributed by atoms with Gasteiger partial charge >= 0.3 is 0 Å². The molecular formula is C15H16Cl2N4. The van der Waals surface area contributed by atoms with E-state index in [2.05, 4.69) is 4.98 Å². The van der Waals surface area contributed by atoms with Crippen molar-refractivity contribution < 1.29 is 0 Å². The first-order chi connectivity index (χ1) is 9.91. The number of amidine groups is 1. The first-order valence-corrected chi connectivity index (χ1v) is 7.14. The number of hydrogen-bond acceptors (Lipinski definition) is 3. The van der Waals surface area contributed by atoms with Gasteiger partial charge in [-0.2, -0.15) is 0 Å². The molecule has 0 aliphatic heterocycles. The number of nitrogens with one attached hydrogen (secondary N) is 1. The van der Waals surface area contributed by atoms with Gasteiger partial charge in [0, 0.05) is 23.8 Å². The molecule has 3 N–H and O–H groups in total. The Morgan fingerprint density at radius 1 is 1.24 bits per heavy atom. The van der Waals surface area contributed by atoms with Crippen LogP contribution in [0, 0.1) is 5.41 Å². The molecule has 1 atom stereocenters. The van der Waals surface area contributed by atoms with Gasteiger partial charge in [0.25, 0.3) is 0 Å². The van der Waals surface area contributed by atoms with Gasteiger partial charge in [0.2, 0.25) is 0 Å². The van der Waals surface area contributed by atoms with Crippen LogP contribution in [0.3, 0.4) is 0 Å². The molecule has 110 valence electrons. The number of pyridine rings is 1. The van der Waals surface area contributed by atoms with E-state index in [4.69, 9.17) is 34.3 Å². The van der Waals surface area contributed by atoms with Gasteiger partial charge in [-0.05, 0) is 30.7 Å². The summed E-state index contributed by atoms with van der Waals surface area (Å²) in [6, 6.07) is 9.31. The lowest BCUT2D eigenvalue weighted by molar-refractivity contribution is 0.729. The molecule has 6 heteroatoms. The molecule has 2 aromatic rings. The fourth-order valence-electron chi connectivity index (χ4n) is 2.03. The number of benzene rings is 1. The van der Waals surface area contributed by atoms with E-state index >= 15 is 0 Å². The quantitative estimate of drug-likeness (QED) is 0.663. The monoisotopic (exact) mass is 322 g/mol. The normalized spacial score (nSPS) is 12.0. The number of hydrogen-bond donors (Lipinski definition) is 2. The summed E-state index contributed by atoms with van der Waals surface area (Å²) in [6.07, 6.45) is 1.60. The molecule has 0 saturated carbocycles. The Bertz CT molecular complexity index is 655. The molecular weight excluding hydrogens is 307 g/mol. The zero-order valence-electron chi connectivity index (χ0n) is 11.8. The minimum atomic E-state index is -0.0730. The zero-order valence-corrected chi connectivity index (χ0v) is 13.3. The van der Waals surface area contributed by atoms with E-state index < -0.39 is 0 Å². The average Bonchev–Trinajstić information content (AvgIpc) is 2.46. The summed E-state index contributed by atoms with van der Waals surface area (Å²) in [6.45, 7) is 2.04. The van der Waals surface area contributed by atoms with Crippen molar-refractivity contribution in [2.45, 2.75) is 13.0 Å². The highest BCUT2D eigenvalue weighted by Gasteiger charge is 2.18. The van der Waals surface area contributed by atoms with Gasteiger partial charge in [0.05, 0.1) is 11.1 Å². The fraction of sp³-hybridized carbons (Fsp3) is 0.200. The minimum Gasteiger partial charge on any atom is -0.384 e. The molecule has 1 aromatic carbocycles. The Morgan fingerprint density at radius 3 is 2.43 bits per heavy atom. The smallest absolute Gasteiger partial charge is 0.148 e. The lowest BCUT2D eigenvalue weighted by atomic mass is 10.1. The highest BCUT2D eigenvalue weighted by atomic mass is 35.5. The molecule has 0 radical (unpaired) electrons. The van der Waals surface area contributed by atoms with Crippen LogP contribution in [-0.2, 0) is 0 Å². The largest absolute Gasteiger partial charge is 0.384 e. The highest BCUT2D eigenvalue weighted by Crippen LogP contribution is 2.31. The van der Waals surface area contributed by atoms with Crippen LogP contribution in [0.2, 0.25) is 10.0 Å². The molecule has 0 saturated heterocycles. The van der Waals surface area contributed by atoms with Crippen molar-refractivity contribution in [3.05, 3.63) is 57.7 Å². The van der Waals surface area contributed by atoms with Gasteiger partial charge in [-0.15, -0.1) is 0 Å². The molecule has 1 aromatic heterocycles. The van der Waals surface area contributed by atoms with Gasteiger partial charge in [-0.3, -0.25) is 5.41 Å². The number of rotatable bonds is 4. The maximum Gasteiger partial charge on any atom is 0.148 e. The summed E-state index contributed by atoms with van der Waals surface area (Å²) >= 11 is 12.2. The number of nitrogens with two attached hydrogens (primary N) is 1. The van der Waals surface area contributed by atoms with Crippen LogP contribution in [0.15, 0.2) is 36.5 Å². The van der Waals surface area contributed by atoms with E-state index in [1.54, 1.807) is 12.3 Å². The average molecular weight is 323 g/mol. The van der Waals surface area contributed by atoms with Crippen LogP contribution in [0.5, 0.6) is 0 Å². The summed E-state index contributed by atoms with van der Waals surface area (Å²) in [4.78, 5) is 6.24. The lowest BCUT2D eigenvalue weighted by Gasteiger charge is -2.27. The molecule has 0 amide bonds. The Morgan fingerprint density at radius 2 is 1.86 bits per heavy atom. The van der Waals surface area contributed by atoms with Crippen molar-refractivity contribution >= 4 is 34.9 Å². The first-order valence-electron chi connectivity index (χ1n) is 6.39. The molecule has 4 nitrogen and oxygen atoms in total. The zero-order chi connectivity index (χ0) is 15.6. The molecule has 0 bridgehead atoms. The molecule has 2 rings (SSSR count). The Balaban J connectivity index is 2.35. The van der Waals surface area contributed by atoms with Gasteiger partial charge in [0.1, 0.15) is 11.7 Å². The predicted molar refractivity (Wildman–Crippen MR) is 88.5 cm³/mol. The number of halogens is 2. The Hall–Kier alpha value is -1.78. The Labute approximate surface area is 134 Å². The maximum absolute atomic E-state index is 7.54. The number of anilines is 1. The topological polar surface area (TPSA) is 66.0 Å². The molecule has 0 aliphatic carbocycles.